The van der Waals surface area contributed by atoms with E-state index in [1.807, 2.05) is 66.9 Å². The first-order chi connectivity index (χ1) is 24.8. The monoisotopic (exact) mass is 640 g/mol. The van der Waals surface area contributed by atoms with Crippen LogP contribution in [0.4, 0.5) is 0 Å². The molecule has 0 saturated carbocycles. The van der Waals surface area contributed by atoms with Gasteiger partial charge in [-0.15, -0.1) is 0 Å². The number of nitrogens with zero attached hydrogens (tertiary/aromatic N) is 6. The molecule has 6 aromatic carbocycles. The van der Waals surface area contributed by atoms with Crippen LogP contribution >= 0.6 is 0 Å². The van der Waals surface area contributed by atoms with Crippen molar-refractivity contribution in [2.75, 3.05) is 0 Å². The van der Waals surface area contributed by atoms with Gasteiger partial charge in [-0.2, -0.15) is 9.97 Å². The molecule has 0 radical (unpaired) electrons. The van der Waals surface area contributed by atoms with E-state index in [1.165, 1.54) is 0 Å². The van der Waals surface area contributed by atoms with Crippen molar-refractivity contribution in [1.29, 1.82) is 0 Å². The SMILES string of the molecule is c1ccc(-c2nc(-c3ccccc3)nc(-n3c4ccccc4c4cc(-c5cnc6c7ccccc7n(-c7ccccc7)c6c5)ccc43)n2)cc1. The molecule has 10 rings (SSSR count). The summed E-state index contributed by atoms with van der Waals surface area (Å²) < 4.78 is 4.46. The van der Waals surface area contributed by atoms with Gasteiger partial charge in [0, 0.05) is 44.7 Å². The van der Waals surface area contributed by atoms with Gasteiger partial charge in [-0.05, 0) is 48.0 Å². The second-order valence-corrected chi connectivity index (χ2v) is 12.4. The molecule has 0 fully saturated rings. The van der Waals surface area contributed by atoms with Crippen molar-refractivity contribution in [3.8, 4) is 45.5 Å². The number of pyridine rings is 1. The second-order valence-electron chi connectivity index (χ2n) is 12.4. The Balaban J connectivity index is 1.18. The molecule has 6 heteroatoms. The van der Waals surface area contributed by atoms with E-state index >= 15 is 0 Å². The first-order valence-electron chi connectivity index (χ1n) is 16.7. The van der Waals surface area contributed by atoms with Gasteiger partial charge in [0.2, 0.25) is 5.95 Å². The average molecular weight is 641 g/mol. The molecular weight excluding hydrogens is 613 g/mol. The summed E-state index contributed by atoms with van der Waals surface area (Å²) in [7, 11) is 0. The maximum absolute atomic E-state index is 5.07. The van der Waals surface area contributed by atoms with Crippen LogP contribution in [0, 0.1) is 0 Å². The fourth-order valence-corrected chi connectivity index (χ4v) is 7.11. The number of rotatable bonds is 5. The van der Waals surface area contributed by atoms with Crippen molar-refractivity contribution < 1.29 is 0 Å². The van der Waals surface area contributed by atoms with Crippen molar-refractivity contribution >= 4 is 43.7 Å². The lowest BCUT2D eigenvalue weighted by molar-refractivity contribution is 0.953. The maximum atomic E-state index is 5.07. The minimum atomic E-state index is 0.576. The molecular formula is C44H28N6. The summed E-state index contributed by atoms with van der Waals surface area (Å²) in [5.41, 5.74) is 10.4. The molecule has 0 bridgehead atoms. The standard InChI is InChI=1S/C44H28N6/c1-4-14-29(15-5-1)42-46-43(30-16-6-2-7-17-30)48-44(47-42)50-37-22-12-10-20-34(37)36-26-31(24-25-39(36)50)32-27-40-41(45-28-32)35-21-11-13-23-38(35)49(40)33-18-8-3-9-19-33/h1-28H. The summed E-state index contributed by atoms with van der Waals surface area (Å²) in [6.45, 7) is 0. The van der Waals surface area contributed by atoms with Crippen LogP contribution in [0.15, 0.2) is 170 Å². The van der Waals surface area contributed by atoms with Gasteiger partial charge >= 0.3 is 0 Å². The summed E-state index contributed by atoms with van der Waals surface area (Å²) in [4.78, 5) is 20.1. The Labute approximate surface area is 287 Å². The zero-order valence-corrected chi connectivity index (χ0v) is 26.8. The third-order valence-corrected chi connectivity index (χ3v) is 9.42. The van der Waals surface area contributed by atoms with Gasteiger partial charge < -0.3 is 4.57 Å². The van der Waals surface area contributed by atoms with E-state index in [0.717, 1.165) is 71.7 Å². The van der Waals surface area contributed by atoms with E-state index in [0.29, 0.717) is 17.6 Å². The largest absolute Gasteiger partial charge is 0.308 e. The van der Waals surface area contributed by atoms with Gasteiger partial charge in [0.15, 0.2) is 11.6 Å². The summed E-state index contributed by atoms with van der Waals surface area (Å²) in [6.07, 6.45) is 1.99. The van der Waals surface area contributed by atoms with Crippen LogP contribution in [-0.4, -0.2) is 29.1 Å². The van der Waals surface area contributed by atoms with E-state index in [2.05, 4.69) is 112 Å². The molecule has 50 heavy (non-hydrogen) atoms. The Bertz CT molecular complexity index is 2800. The van der Waals surface area contributed by atoms with Crippen LogP contribution in [0.3, 0.4) is 0 Å². The van der Waals surface area contributed by atoms with Crippen LogP contribution in [0.1, 0.15) is 0 Å². The number of hydrogen-bond donors (Lipinski definition) is 0. The summed E-state index contributed by atoms with van der Waals surface area (Å²) in [5, 5.41) is 3.38. The molecule has 0 aliphatic heterocycles. The molecule has 0 unspecified atom stereocenters. The zero-order valence-electron chi connectivity index (χ0n) is 26.8. The van der Waals surface area contributed by atoms with E-state index in [4.69, 9.17) is 19.9 Å². The topological polar surface area (TPSA) is 61.4 Å². The number of aromatic nitrogens is 6. The summed E-state index contributed by atoms with van der Waals surface area (Å²) >= 11 is 0. The fourth-order valence-electron chi connectivity index (χ4n) is 7.11. The van der Waals surface area contributed by atoms with Crippen molar-refractivity contribution in [2.45, 2.75) is 0 Å². The predicted molar refractivity (Wildman–Crippen MR) is 203 cm³/mol. The third kappa shape index (κ3) is 4.50. The van der Waals surface area contributed by atoms with E-state index in [-0.39, 0.29) is 0 Å². The quantitative estimate of drug-likeness (QED) is 0.188. The molecule has 0 aliphatic rings. The van der Waals surface area contributed by atoms with Gasteiger partial charge in [-0.25, -0.2) is 4.98 Å². The zero-order chi connectivity index (χ0) is 33.0. The van der Waals surface area contributed by atoms with E-state index in [9.17, 15) is 0 Å². The van der Waals surface area contributed by atoms with Crippen molar-refractivity contribution in [1.82, 2.24) is 29.1 Å². The highest BCUT2D eigenvalue weighted by Gasteiger charge is 2.19. The van der Waals surface area contributed by atoms with Crippen LogP contribution in [0.25, 0.3) is 89.3 Å². The Morgan fingerprint density at radius 1 is 0.360 bits per heavy atom. The molecule has 0 saturated heterocycles. The van der Waals surface area contributed by atoms with Gasteiger partial charge in [0.25, 0.3) is 0 Å². The Morgan fingerprint density at radius 2 is 0.920 bits per heavy atom. The van der Waals surface area contributed by atoms with Gasteiger partial charge in [0.1, 0.15) is 0 Å². The summed E-state index contributed by atoms with van der Waals surface area (Å²) in [6, 6.07) is 56.5. The van der Waals surface area contributed by atoms with E-state index in [1.54, 1.807) is 0 Å². The number of benzene rings is 6. The highest BCUT2D eigenvalue weighted by Crippen LogP contribution is 2.37. The molecule has 0 spiro atoms. The van der Waals surface area contributed by atoms with Crippen molar-refractivity contribution in [2.24, 2.45) is 0 Å². The predicted octanol–water partition coefficient (Wildman–Crippen LogP) is 10.5. The average Bonchev–Trinajstić information content (AvgIpc) is 3.71. The lowest BCUT2D eigenvalue weighted by Gasteiger charge is -2.11. The minimum absolute atomic E-state index is 0.576. The highest BCUT2D eigenvalue weighted by atomic mass is 15.2. The lowest BCUT2D eigenvalue weighted by Crippen LogP contribution is -2.06. The number of fused-ring (bicyclic) bond motifs is 6. The fraction of sp³-hybridized carbons (Fsp3) is 0. The van der Waals surface area contributed by atoms with E-state index < -0.39 is 0 Å². The van der Waals surface area contributed by atoms with Crippen molar-refractivity contribution in [3.63, 3.8) is 0 Å². The number of hydrogen-bond acceptors (Lipinski definition) is 4. The number of para-hydroxylation sites is 3. The first kappa shape index (κ1) is 28.1. The molecule has 10 aromatic rings. The molecule has 4 heterocycles. The van der Waals surface area contributed by atoms with Gasteiger partial charge in [0.05, 0.1) is 27.6 Å². The Morgan fingerprint density at radius 3 is 1.60 bits per heavy atom. The molecule has 4 aromatic heterocycles. The Kier molecular flexibility index (Phi) is 6.39. The summed E-state index contributed by atoms with van der Waals surface area (Å²) in [5.74, 6) is 1.84. The van der Waals surface area contributed by atoms with Crippen molar-refractivity contribution in [3.05, 3.63) is 170 Å². The van der Waals surface area contributed by atoms with Crippen LogP contribution in [0.5, 0.6) is 0 Å². The molecule has 6 nitrogen and oxygen atoms in total. The minimum Gasteiger partial charge on any atom is -0.308 e. The maximum Gasteiger partial charge on any atom is 0.238 e. The highest BCUT2D eigenvalue weighted by molar-refractivity contribution is 6.11. The second kappa shape index (κ2) is 11.4. The lowest BCUT2D eigenvalue weighted by atomic mass is 10.0. The van der Waals surface area contributed by atoms with Crippen LogP contribution in [0.2, 0.25) is 0 Å². The smallest absolute Gasteiger partial charge is 0.238 e. The Hall–Kier alpha value is -6.92. The molecule has 0 N–H and O–H groups in total. The molecule has 0 aliphatic carbocycles. The third-order valence-electron chi connectivity index (χ3n) is 9.42. The molecule has 234 valence electrons. The van der Waals surface area contributed by atoms with Crippen LogP contribution < -0.4 is 0 Å². The first-order valence-corrected chi connectivity index (χ1v) is 16.7. The normalized spacial score (nSPS) is 11.6. The van der Waals surface area contributed by atoms with Crippen LogP contribution in [-0.2, 0) is 0 Å². The van der Waals surface area contributed by atoms with Gasteiger partial charge in [-0.3, -0.25) is 9.55 Å². The molecule has 0 amide bonds. The van der Waals surface area contributed by atoms with Gasteiger partial charge in [-0.1, -0.05) is 121 Å². The molecule has 0 atom stereocenters.